The fraction of sp³-hybridized carbons (Fsp3) is 0.133. The summed E-state index contributed by atoms with van der Waals surface area (Å²) in [5.74, 6) is 0. The Balaban J connectivity index is 2.29. The molecule has 0 unspecified atom stereocenters. The van der Waals surface area contributed by atoms with Gasteiger partial charge in [-0.25, -0.2) is 0 Å². The summed E-state index contributed by atoms with van der Waals surface area (Å²) in [7, 11) is 0. The van der Waals surface area contributed by atoms with Crippen LogP contribution in [0.2, 0.25) is 5.02 Å². The van der Waals surface area contributed by atoms with E-state index in [9.17, 15) is 13.2 Å². The predicted octanol–water partition coefficient (Wildman–Crippen LogP) is 4.34. The molecular weight excluding hydrogens is 347 g/mol. The number of aromatic nitrogens is 1. The topological polar surface area (TPSA) is 37.3 Å². The van der Waals surface area contributed by atoms with Crippen molar-refractivity contribution in [2.75, 3.05) is 11.9 Å². The van der Waals surface area contributed by atoms with Gasteiger partial charge in [0.2, 0.25) is 0 Å². The number of benzene rings is 1. The van der Waals surface area contributed by atoms with Crippen LogP contribution in [0.1, 0.15) is 16.8 Å². The largest absolute Gasteiger partial charge is 0.418 e. The van der Waals surface area contributed by atoms with Gasteiger partial charge < -0.3 is 5.32 Å². The molecule has 0 amide bonds. The number of hydrogen-bond donors (Lipinski definition) is 1. The minimum absolute atomic E-state index is 0.0330. The molecule has 3 nitrogen and oxygen atoms in total. The second kappa shape index (κ2) is 5.90. The number of nitrogens with zero attached hydrogens (tertiary/aromatic N) is 2. The van der Waals surface area contributed by atoms with Gasteiger partial charge in [-0.2, -0.15) is 13.2 Å². The number of fused-ring (bicyclic) bond motifs is 1. The third-order valence-electron chi connectivity index (χ3n) is 3.22. The lowest BCUT2D eigenvalue weighted by atomic mass is 10.00. The van der Waals surface area contributed by atoms with E-state index in [1.165, 1.54) is 6.07 Å². The Morgan fingerprint density at radius 2 is 2.00 bits per heavy atom. The van der Waals surface area contributed by atoms with E-state index in [1.54, 1.807) is 24.4 Å². The molecule has 2 heterocycles. The van der Waals surface area contributed by atoms with Crippen molar-refractivity contribution >= 4 is 40.2 Å². The number of hydrogen-bond acceptors (Lipinski definition) is 3. The van der Waals surface area contributed by atoms with Gasteiger partial charge in [-0.3, -0.25) is 9.98 Å². The van der Waals surface area contributed by atoms with Crippen LogP contribution in [0.5, 0.6) is 0 Å². The zero-order chi connectivity index (χ0) is 16.6. The first-order valence-corrected chi connectivity index (χ1v) is 7.31. The van der Waals surface area contributed by atoms with Crippen LogP contribution < -0.4 is 5.32 Å². The maximum atomic E-state index is 13.3. The van der Waals surface area contributed by atoms with Gasteiger partial charge >= 0.3 is 6.18 Å². The Morgan fingerprint density at radius 3 is 2.65 bits per heavy atom. The average Bonchev–Trinajstić information content (AvgIpc) is 2.65. The lowest BCUT2D eigenvalue weighted by molar-refractivity contribution is -0.136. The first-order chi connectivity index (χ1) is 10.9. The normalized spacial score (nSPS) is 14.6. The highest BCUT2D eigenvalue weighted by atomic mass is 35.5. The molecule has 118 valence electrons. The fourth-order valence-corrected chi connectivity index (χ4v) is 2.67. The summed E-state index contributed by atoms with van der Waals surface area (Å²) >= 11 is 10.9. The van der Waals surface area contributed by atoms with Crippen molar-refractivity contribution < 1.29 is 13.2 Å². The second-order valence-corrected chi connectivity index (χ2v) is 5.73. The van der Waals surface area contributed by atoms with Gasteiger partial charge in [-0.05, 0) is 24.3 Å². The lowest BCUT2D eigenvalue weighted by Crippen LogP contribution is -2.17. The fourth-order valence-electron chi connectivity index (χ4n) is 2.29. The number of rotatable bonds is 1. The molecule has 0 aliphatic carbocycles. The summed E-state index contributed by atoms with van der Waals surface area (Å²) in [4.78, 5) is 8.67. The molecule has 1 aliphatic rings. The molecule has 0 bridgehead atoms. The van der Waals surface area contributed by atoms with E-state index in [2.05, 4.69) is 15.3 Å². The summed E-state index contributed by atoms with van der Waals surface area (Å²) in [6, 6.07) is 7.42. The van der Waals surface area contributed by atoms with E-state index in [-0.39, 0.29) is 27.8 Å². The van der Waals surface area contributed by atoms with Crippen molar-refractivity contribution in [2.45, 2.75) is 6.18 Å². The standard InChI is InChI=1S/C15H9ClF3N3S/c16-8-5-9-13(10(6-8)15(17,18)19)22-12(23)7-21-14(9)11-3-1-2-4-20-11/h1-6H,7H2,(H,22,23). The number of halogens is 4. The molecule has 8 heteroatoms. The quantitative estimate of drug-likeness (QED) is 0.773. The Bertz CT molecular complexity index is 804. The summed E-state index contributed by atoms with van der Waals surface area (Å²) in [6.07, 6.45) is -3.03. The maximum Gasteiger partial charge on any atom is 0.418 e. The third-order valence-corrected chi connectivity index (χ3v) is 3.67. The Labute approximate surface area is 140 Å². The molecule has 1 aliphatic heterocycles. The molecule has 1 N–H and O–H groups in total. The molecule has 2 aromatic rings. The van der Waals surface area contributed by atoms with Crippen LogP contribution in [0.4, 0.5) is 18.9 Å². The Morgan fingerprint density at radius 1 is 1.22 bits per heavy atom. The third kappa shape index (κ3) is 3.20. The van der Waals surface area contributed by atoms with Gasteiger partial charge in [0.05, 0.1) is 29.2 Å². The highest BCUT2D eigenvalue weighted by Crippen LogP contribution is 2.40. The molecule has 1 aromatic heterocycles. The highest BCUT2D eigenvalue weighted by molar-refractivity contribution is 7.80. The van der Waals surface area contributed by atoms with Crippen LogP contribution in [0.25, 0.3) is 0 Å². The van der Waals surface area contributed by atoms with Gasteiger partial charge in [0.1, 0.15) is 4.99 Å². The number of anilines is 1. The molecule has 0 radical (unpaired) electrons. The van der Waals surface area contributed by atoms with Crippen molar-refractivity contribution in [3.63, 3.8) is 0 Å². The SMILES string of the molecule is FC(F)(F)c1cc(Cl)cc2c1NC(=S)CN=C2c1ccccn1. The van der Waals surface area contributed by atoms with Crippen LogP contribution in [-0.2, 0) is 6.18 Å². The van der Waals surface area contributed by atoms with Gasteiger partial charge in [0, 0.05) is 16.8 Å². The van der Waals surface area contributed by atoms with Crippen molar-refractivity contribution in [2.24, 2.45) is 4.99 Å². The Kier molecular flexibility index (Phi) is 4.08. The van der Waals surface area contributed by atoms with Crippen molar-refractivity contribution in [3.8, 4) is 0 Å². The summed E-state index contributed by atoms with van der Waals surface area (Å²) in [5.41, 5.74) is -0.0262. The smallest absolute Gasteiger partial charge is 0.347 e. The maximum absolute atomic E-state index is 13.3. The minimum Gasteiger partial charge on any atom is -0.347 e. The van der Waals surface area contributed by atoms with Crippen LogP contribution in [0, 0.1) is 0 Å². The average molecular weight is 356 g/mol. The number of thiocarbonyl (C=S) groups is 1. The molecular formula is C15H9ClF3N3S. The number of alkyl halides is 3. The van der Waals surface area contributed by atoms with Gasteiger partial charge in [0.15, 0.2) is 0 Å². The summed E-state index contributed by atoms with van der Waals surface area (Å²) in [5, 5.41) is 2.60. The van der Waals surface area contributed by atoms with E-state index in [0.29, 0.717) is 11.4 Å². The van der Waals surface area contributed by atoms with E-state index < -0.39 is 11.7 Å². The van der Waals surface area contributed by atoms with E-state index in [1.807, 2.05) is 0 Å². The van der Waals surface area contributed by atoms with E-state index >= 15 is 0 Å². The zero-order valence-corrected chi connectivity index (χ0v) is 13.1. The molecule has 0 saturated heterocycles. The first-order valence-electron chi connectivity index (χ1n) is 6.53. The highest BCUT2D eigenvalue weighted by Gasteiger charge is 2.36. The van der Waals surface area contributed by atoms with Crippen LogP contribution >= 0.6 is 23.8 Å². The molecule has 0 atom stereocenters. The van der Waals surface area contributed by atoms with Crippen LogP contribution in [0.3, 0.4) is 0 Å². The van der Waals surface area contributed by atoms with Gasteiger partial charge in [-0.1, -0.05) is 29.9 Å². The molecule has 0 saturated carbocycles. The van der Waals surface area contributed by atoms with Gasteiger partial charge in [0.25, 0.3) is 0 Å². The molecule has 1 aromatic carbocycles. The van der Waals surface area contributed by atoms with E-state index in [0.717, 1.165) is 6.07 Å². The molecule has 23 heavy (non-hydrogen) atoms. The second-order valence-electron chi connectivity index (χ2n) is 4.80. The zero-order valence-electron chi connectivity index (χ0n) is 11.5. The number of nitrogens with one attached hydrogen (secondary N) is 1. The van der Waals surface area contributed by atoms with E-state index in [4.69, 9.17) is 23.8 Å². The number of aliphatic imine (C=N–C) groups is 1. The first kappa shape index (κ1) is 15.9. The van der Waals surface area contributed by atoms with Crippen molar-refractivity contribution in [1.29, 1.82) is 0 Å². The molecule has 0 spiro atoms. The number of benzodiazepines with no additional fused rings is 1. The van der Waals surface area contributed by atoms with Crippen LogP contribution in [0.15, 0.2) is 41.5 Å². The summed E-state index contributed by atoms with van der Waals surface area (Å²) < 4.78 is 40.0. The van der Waals surface area contributed by atoms with Crippen LogP contribution in [-0.4, -0.2) is 22.2 Å². The molecule has 0 fully saturated rings. The summed E-state index contributed by atoms with van der Waals surface area (Å²) in [6.45, 7) is 0.0742. The van der Waals surface area contributed by atoms with Crippen molar-refractivity contribution in [3.05, 3.63) is 58.4 Å². The predicted molar refractivity (Wildman–Crippen MR) is 87.4 cm³/mol. The molecule has 3 rings (SSSR count). The van der Waals surface area contributed by atoms with Gasteiger partial charge in [-0.15, -0.1) is 0 Å². The lowest BCUT2D eigenvalue weighted by Gasteiger charge is -2.17. The Hall–Kier alpha value is -1.99. The monoisotopic (exact) mass is 355 g/mol. The van der Waals surface area contributed by atoms with Crippen molar-refractivity contribution in [1.82, 2.24) is 4.98 Å². The number of pyridine rings is 1. The minimum atomic E-state index is -4.57.